The molecule has 0 aliphatic heterocycles. The van der Waals surface area contributed by atoms with Gasteiger partial charge >= 0.3 is 5.97 Å². The van der Waals surface area contributed by atoms with Crippen molar-refractivity contribution in [3.8, 4) is 11.6 Å². The summed E-state index contributed by atoms with van der Waals surface area (Å²) in [6.45, 7) is 1.93. The lowest BCUT2D eigenvalue weighted by Crippen LogP contribution is -1.98. The van der Waals surface area contributed by atoms with Crippen LogP contribution in [0.3, 0.4) is 0 Å². The first-order valence-electron chi connectivity index (χ1n) is 9.92. The number of rotatable bonds is 6. The molecule has 0 saturated carbocycles. The molecule has 3 heterocycles. The highest BCUT2D eigenvalue weighted by molar-refractivity contribution is 5.93. The van der Waals surface area contributed by atoms with E-state index in [2.05, 4.69) is 30.5 Å². The maximum absolute atomic E-state index is 10.8. The number of aliphatic carboxylic acids is 1. The minimum absolute atomic E-state index is 0.419. The zero-order valence-corrected chi connectivity index (χ0v) is 17.4. The van der Waals surface area contributed by atoms with Crippen molar-refractivity contribution in [3.63, 3.8) is 0 Å². The molecule has 0 saturated heterocycles. The quantitative estimate of drug-likeness (QED) is 0.377. The summed E-state index contributed by atoms with van der Waals surface area (Å²) in [6.07, 6.45) is 7.26. The van der Waals surface area contributed by atoms with Crippen LogP contribution in [0.2, 0.25) is 0 Å². The van der Waals surface area contributed by atoms with Gasteiger partial charge in [0.25, 0.3) is 0 Å². The molecule has 33 heavy (non-hydrogen) atoms. The molecule has 0 unspecified atom stereocenters. The molecule has 0 bridgehead atoms. The van der Waals surface area contributed by atoms with Crippen molar-refractivity contribution in [2.24, 2.45) is 0 Å². The number of aromatic nitrogens is 6. The maximum atomic E-state index is 10.8. The molecule has 0 aliphatic rings. The van der Waals surface area contributed by atoms with Crippen LogP contribution in [-0.2, 0) is 4.79 Å². The van der Waals surface area contributed by atoms with Crippen molar-refractivity contribution >= 4 is 40.1 Å². The second-order valence-corrected chi connectivity index (χ2v) is 7.20. The third-order valence-corrected chi connectivity index (χ3v) is 4.89. The molecule has 162 valence electrons. The van der Waals surface area contributed by atoms with Crippen LogP contribution >= 0.6 is 0 Å². The number of carboxylic acids is 1. The molecule has 2 aromatic carbocycles. The summed E-state index contributed by atoms with van der Waals surface area (Å²) in [4.78, 5) is 23.7. The number of carbonyl (C=O) groups is 1. The summed E-state index contributed by atoms with van der Waals surface area (Å²) in [5.74, 6) is 0.679. The number of hydrogen-bond acceptors (Lipinski definition) is 8. The monoisotopic (exact) mass is 439 g/mol. The van der Waals surface area contributed by atoms with Gasteiger partial charge in [0, 0.05) is 23.2 Å². The van der Waals surface area contributed by atoms with Gasteiger partial charge in [0.15, 0.2) is 5.65 Å². The normalized spacial score (nSPS) is 11.3. The Kier molecular flexibility index (Phi) is 5.07. The molecule has 5 aromatic rings. The van der Waals surface area contributed by atoms with E-state index in [1.54, 1.807) is 29.2 Å². The van der Waals surface area contributed by atoms with Crippen molar-refractivity contribution in [2.45, 2.75) is 6.92 Å². The fraction of sp³-hybridized carbons (Fsp3) is 0.0435. The Morgan fingerprint density at radius 1 is 1.09 bits per heavy atom. The molecule has 0 amide bonds. The Balaban J connectivity index is 1.40. The predicted molar refractivity (Wildman–Crippen MR) is 122 cm³/mol. The van der Waals surface area contributed by atoms with Crippen molar-refractivity contribution < 1.29 is 14.6 Å². The number of nitrogens with zero attached hydrogens (tertiary/aromatic N) is 6. The van der Waals surface area contributed by atoms with E-state index < -0.39 is 5.97 Å². The van der Waals surface area contributed by atoms with E-state index in [-0.39, 0.29) is 0 Å². The molecule has 0 atom stereocenters. The van der Waals surface area contributed by atoms with Crippen LogP contribution < -0.4 is 10.1 Å². The van der Waals surface area contributed by atoms with Crippen LogP contribution in [0, 0.1) is 6.92 Å². The third-order valence-electron chi connectivity index (χ3n) is 4.89. The van der Waals surface area contributed by atoms with Gasteiger partial charge in [-0.25, -0.2) is 19.7 Å². The highest BCUT2D eigenvalue weighted by Gasteiger charge is 2.09. The summed E-state index contributed by atoms with van der Waals surface area (Å²) in [5, 5.41) is 20.8. The minimum Gasteiger partial charge on any atom is -0.478 e. The lowest BCUT2D eigenvalue weighted by atomic mass is 10.1. The van der Waals surface area contributed by atoms with Gasteiger partial charge in [-0.1, -0.05) is 6.07 Å². The first-order valence-corrected chi connectivity index (χ1v) is 9.92. The fourth-order valence-electron chi connectivity index (χ4n) is 3.30. The number of fused-ring (bicyclic) bond motifs is 2. The van der Waals surface area contributed by atoms with E-state index in [1.165, 1.54) is 12.4 Å². The van der Waals surface area contributed by atoms with Gasteiger partial charge in [-0.05, 0) is 54.5 Å². The van der Waals surface area contributed by atoms with Gasteiger partial charge in [-0.15, -0.1) is 10.2 Å². The van der Waals surface area contributed by atoms with E-state index in [4.69, 9.17) is 9.84 Å². The zero-order valence-electron chi connectivity index (χ0n) is 17.4. The Morgan fingerprint density at radius 3 is 2.85 bits per heavy atom. The number of hydrogen-bond donors (Lipinski definition) is 2. The Hall–Kier alpha value is -4.86. The topological polar surface area (TPSA) is 127 Å². The first kappa shape index (κ1) is 20.1. The maximum Gasteiger partial charge on any atom is 0.328 e. The number of ether oxygens (including phenoxy) is 1. The molecule has 5 rings (SSSR count). The second kappa shape index (κ2) is 8.35. The average molecular weight is 439 g/mol. The summed E-state index contributed by atoms with van der Waals surface area (Å²) < 4.78 is 7.62. The summed E-state index contributed by atoms with van der Waals surface area (Å²) >= 11 is 0. The lowest BCUT2D eigenvalue weighted by molar-refractivity contribution is -0.131. The highest BCUT2D eigenvalue weighted by atomic mass is 16.5. The first-order chi connectivity index (χ1) is 16.0. The van der Waals surface area contributed by atoms with Gasteiger partial charge in [0.05, 0.1) is 5.52 Å². The molecule has 0 fully saturated rings. The van der Waals surface area contributed by atoms with Gasteiger partial charge < -0.3 is 15.2 Å². The predicted octanol–water partition coefficient (Wildman–Crippen LogP) is 4.01. The molecule has 10 heteroatoms. The zero-order chi connectivity index (χ0) is 22.8. The Bertz CT molecular complexity index is 1530. The standard InChI is InChI=1S/C23H17N7O3/c1-14-8-16(4-6-19(14)33-21-10-20-29-27-13-30(20)12-26-21)28-23-17-9-15(3-7-22(31)32)2-5-18(17)24-11-25-23/h2-13H,1H3,(H,31,32)(H,24,25,28)/b7-3+. The van der Waals surface area contributed by atoms with Crippen LogP contribution in [-0.4, -0.2) is 40.6 Å². The van der Waals surface area contributed by atoms with Gasteiger partial charge in [0.2, 0.25) is 5.88 Å². The second-order valence-electron chi connectivity index (χ2n) is 7.20. The summed E-state index contributed by atoms with van der Waals surface area (Å²) in [5.41, 5.74) is 3.83. The number of carboxylic acid groups (broad SMARTS) is 1. The average Bonchev–Trinajstić information content (AvgIpc) is 3.28. The van der Waals surface area contributed by atoms with Crippen LogP contribution in [0.4, 0.5) is 11.5 Å². The molecule has 0 radical (unpaired) electrons. The highest BCUT2D eigenvalue weighted by Crippen LogP contribution is 2.29. The summed E-state index contributed by atoms with van der Waals surface area (Å²) in [7, 11) is 0. The van der Waals surface area contributed by atoms with Gasteiger partial charge in [0.1, 0.15) is 30.5 Å². The van der Waals surface area contributed by atoms with E-state index in [1.807, 2.05) is 37.3 Å². The molecule has 0 aliphatic carbocycles. The van der Waals surface area contributed by atoms with Gasteiger partial charge in [-0.3, -0.25) is 4.40 Å². The molecule has 3 aromatic heterocycles. The SMILES string of the molecule is Cc1cc(Nc2ncnc3ccc(/C=C/C(=O)O)cc23)ccc1Oc1cc2nncn2cn1. The van der Waals surface area contributed by atoms with Crippen LogP contribution in [0.1, 0.15) is 11.1 Å². The Morgan fingerprint density at radius 2 is 2.00 bits per heavy atom. The number of anilines is 2. The number of aryl methyl sites for hydroxylation is 1. The van der Waals surface area contributed by atoms with E-state index >= 15 is 0 Å². The van der Waals surface area contributed by atoms with Crippen LogP contribution in [0.5, 0.6) is 11.6 Å². The molecule has 2 N–H and O–H groups in total. The van der Waals surface area contributed by atoms with Crippen LogP contribution in [0.25, 0.3) is 22.6 Å². The molecule has 10 nitrogen and oxygen atoms in total. The Labute approximate surface area is 187 Å². The fourth-order valence-corrected chi connectivity index (χ4v) is 3.30. The minimum atomic E-state index is -1.01. The lowest BCUT2D eigenvalue weighted by Gasteiger charge is -2.12. The molecule has 0 spiro atoms. The van der Waals surface area contributed by atoms with Crippen molar-refractivity contribution in [1.29, 1.82) is 0 Å². The summed E-state index contributed by atoms with van der Waals surface area (Å²) in [6, 6.07) is 12.8. The molecular formula is C23H17N7O3. The number of benzene rings is 2. The third kappa shape index (κ3) is 4.30. The van der Waals surface area contributed by atoms with E-state index in [9.17, 15) is 4.79 Å². The van der Waals surface area contributed by atoms with Crippen molar-refractivity contribution in [3.05, 3.63) is 78.6 Å². The van der Waals surface area contributed by atoms with Gasteiger partial charge in [-0.2, -0.15) is 0 Å². The number of nitrogens with one attached hydrogen (secondary N) is 1. The van der Waals surface area contributed by atoms with Crippen molar-refractivity contribution in [2.75, 3.05) is 5.32 Å². The van der Waals surface area contributed by atoms with Crippen LogP contribution in [0.15, 0.2) is 67.5 Å². The van der Waals surface area contributed by atoms with E-state index in [0.29, 0.717) is 23.1 Å². The smallest absolute Gasteiger partial charge is 0.328 e. The van der Waals surface area contributed by atoms with Crippen molar-refractivity contribution in [1.82, 2.24) is 29.5 Å². The van der Waals surface area contributed by atoms with E-state index in [0.717, 1.165) is 33.8 Å². The molecular weight excluding hydrogens is 422 g/mol. The largest absolute Gasteiger partial charge is 0.478 e.